The first-order valence-corrected chi connectivity index (χ1v) is 9.04. The topological polar surface area (TPSA) is 70.2 Å². The van der Waals surface area contributed by atoms with E-state index < -0.39 is 5.92 Å². The molecule has 0 saturated carbocycles. The number of hydrogen-bond acceptors (Lipinski definition) is 5. The van der Waals surface area contributed by atoms with Crippen molar-refractivity contribution in [3.8, 4) is 0 Å². The average molecular weight is 359 g/mol. The average Bonchev–Trinajstić information content (AvgIpc) is 3.08. The van der Waals surface area contributed by atoms with E-state index in [-0.39, 0.29) is 24.2 Å². The molecule has 26 heavy (non-hydrogen) atoms. The maximum atomic E-state index is 12.2. The molecule has 7 heteroatoms. The van der Waals surface area contributed by atoms with Crippen LogP contribution in [0.2, 0.25) is 0 Å². The van der Waals surface area contributed by atoms with E-state index in [9.17, 15) is 14.4 Å². The number of nitrogens with zero attached hydrogens (tertiary/aromatic N) is 3. The Balaban J connectivity index is 1.62. The number of hydrogen-bond donors (Lipinski definition) is 0. The van der Waals surface area contributed by atoms with Crippen LogP contribution < -0.4 is 9.80 Å². The summed E-state index contributed by atoms with van der Waals surface area (Å²) in [5.74, 6) is -0.583. The van der Waals surface area contributed by atoms with Crippen molar-refractivity contribution in [2.24, 2.45) is 5.92 Å². The highest BCUT2D eigenvalue weighted by Gasteiger charge is 2.35. The zero-order chi connectivity index (χ0) is 18.7. The minimum atomic E-state index is -0.392. The van der Waals surface area contributed by atoms with Crippen molar-refractivity contribution in [3.05, 3.63) is 24.3 Å². The first-order chi connectivity index (χ1) is 12.5. The molecular weight excluding hydrogens is 334 g/mol. The van der Waals surface area contributed by atoms with Gasteiger partial charge in [-0.25, -0.2) is 0 Å². The minimum absolute atomic E-state index is 0.0557. The van der Waals surface area contributed by atoms with Crippen LogP contribution in [0.1, 0.15) is 19.8 Å². The predicted molar refractivity (Wildman–Crippen MR) is 98.0 cm³/mol. The van der Waals surface area contributed by atoms with E-state index in [1.54, 1.807) is 4.90 Å². The van der Waals surface area contributed by atoms with Crippen LogP contribution in [0.15, 0.2) is 24.3 Å². The third kappa shape index (κ3) is 3.66. The van der Waals surface area contributed by atoms with E-state index in [1.807, 2.05) is 36.1 Å². The van der Waals surface area contributed by atoms with E-state index in [1.165, 1.54) is 7.11 Å². The van der Waals surface area contributed by atoms with Crippen LogP contribution in [0, 0.1) is 5.92 Å². The zero-order valence-electron chi connectivity index (χ0n) is 15.3. The SMILES string of the molecule is CCC(=O)N1CCN(c2ccc(N3C[C@H](C(=O)OC)CC3=O)cc2)CC1. The molecule has 0 N–H and O–H groups in total. The van der Waals surface area contributed by atoms with Crippen LogP contribution >= 0.6 is 0 Å². The van der Waals surface area contributed by atoms with Crippen LogP contribution in [0.3, 0.4) is 0 Å². The number of ether oxygens (including phenoxy) is 1. The minimum Gasteiger partial charge on any atom is -0.469 e. The molecule has 140 valence electrons. The molecular formula is C19H25N3O4. The second-order valence-electron chi connectivity index (χ2n) is 6.67. The van der Waals surface area contributed by atoms with Gasteiger partial charge in [0.1, 0.15) is 0 Å². The largest absolute Gasteiger partial charge is 0.469 e. The Morgan fingerprint density at radius 2 is 1.69 bits per heavy atom. The monoisotopic (exact) mass is 359 g/mol. The Morgan fingerprint density at radius 3 is 2.27 bits per heavy atom. The van der Waals surface area contributed by atoms with Crippen molar-refractivity contribution in [1.29, 1.82) is 0 Å². The number of carbonyl (C=O) groups excluding carboxylic acids is 3. The highest BCUT2D eigenvalue weighted by molar-refractivity contribution is 5.99. The summed E-state index contributed by atoms with van der Waals surface area (Å²) in [5, 5.41) is 0. The predicted octanol–water partition coefficient (Wildman–Crippen LogP) is 1.27. The molecule has 2 amide bonds. The fourth-order valence-electron chi connectivity index (χ4n) is 3.56. The fraction of sp³-hybridized carbons (Fsp3) is 0.526. The van der Waals surface area contributed by atoms with E-state index >= 15 is 0 Å². The van der Waals surface area contributed by atoms with Gasteiger partial charge >= 0.3 is 5.97 Å². The van der Waals surface area contributed by atoms with Gasteiger partial charge in [0.05, 0.1) is 13.0 Å². The second kappa shape index (κ2) is 7.76. The Bertz CT molecular complexity index is 681. The molecule has 0 radical (unpaired) electrons. The summed E-state index contributed by atoms with van der Waals surface area (Å²) in [4.78, 5) is 41.4. The summed E-state index contributed by atoms with van der Waals surface area (Å²) in [6.07, 6.45) is 0.743. The van der Waals surface area contributed by atoms with Gasteiger partial charge < -0.3 is 19.4 Å². The van der Waals surface area contributed by atoms with Crippen molar-refractivity contribution in [2.75, 3.05) is 49.6 Å². The molecule has 0 spiro atoms. The van der Waals surface area contributed by atoms with Crippen LogP contribution in [-0.4, -0.2) is 62.5 Å². The van der Waals surface area contributed by atoms with Crippen molar-refractivity contribution in [3.63, 3.8) is 0 Å². The molecule has 1 atom stereocenters. The lowest BCUT2D eigenvalue weighted by atomic mass is 10.1. The molecule has 2 saturated heterocycles. The molecule has 3 rings (SSSR count). The van der Waals surface area contributed by atoms with Crippen LogP contribution in [0.5, 0.6) is 0 Å². The highest BCUT2D eigenvalue weighted by Crippen LogP contribution is 2.28. The number of carbonyl (C=O) groups is 3. The summed E-state index contributed by atoms with van der Waals surface area (Å²) in [5.41, 5.74) is 1.87. The van der Waals surface area contributed by atoms with E-state index in [0.717, 1.165) is 37.6 Å². The van der Waals surface area contributed by atoms with Crippen LogP contribution in [-0.2, 0) is 19.1 Å². The van der Waals surface area contributed by atoms with Gasteiger partial charge in [-0.1, -0.05) is 6.92 Å². The molecule has 2 aliphatic rings. The van der Waals surface area contributed by atoms with Gasteiger partial charge in [0.2, 0.25) is 11.8 Å². The van der Waals surface area contributed by atoms with E-state index in [2.05, 4.69) is 4.90 Å². The lowest BCUT2D eigenvalue weighted by Crippen LogP contribution is -2.48. The molecule has 0 unspecified atom stereocenters. The van der Waals surface area contributed by atoms with Gasteiger partial charge in [0.25, 0.3) is 0 Å². The van der Waals surface area contributed by atoms with Crippen molar-refractivity contribution < 1.29 is 19.1 Å². The third-order valence-corrected chi connectivity index (χ3v) is 5.12. The first-order valence-electron chi connectivity index (χ1n) is 9.04. The summed E-state index contributed by atoms with van der Waals surface area (Å²) in [6, 6.07) is 7.81. The quantitative estimate of drug-likeness (QED) is 0.757. The second-order valence-corrected chi connectivity index (χ2v) is 6.67. The molecule has 1 aromatic carbocycles. The normalized spacial score (nSPS) is 20.5. The summed E-state index contributed by atoms with van der Waals surface area (Å²) >= 11 is 0. The lowest BCUT2D eigenvalue weighted by Gasteiger charge is -2.36. The van der Waals surface area contributed by atoms with Crippen molar-refractivity contribution in [1.82, 2.24) is 4.90 Å². The van der Waals surface area contributed by atoms with Crippen LogP contribution in [0.25, 0.3) is 0 Å². The fourth-order valence-corrected chi connectivity index (χ4v) is 3.56. The molecule has 0 bridgehead atoms. The number of rotatable bonds is 4. The van der Waals surface area contributed by atoms with E-state index in [4.69, 9.17) is 4.74 Å². The van der Waals surface area contributed by atoms with Gasteiger partial charge in [-0.3, -0.25) is 14.4 Å². The Kier molecular flexibility index (Phi) is 5.44. The summed E-state index contributed by atoms with van der Waals surface area (Å²) in [6.45, 7) is 5.33. The molecule has 1 aromatic rings. The van der Waals surface area contributed by atoms with Crippen LogP contribution in [0.4, 0.5) is 11.4 Å². The van der Waals surface area contributed by atoms with Gasteiger partial charge in [0.15, 0.2) is 0 Å². The molecule has 0 aromatic heterocycles. The standard InChI is InChI=1S/C19H25N3O4/c1-3-17(23)21-10-8-20(9-11-21)15-4-6-16(7-5-15)22-13-14(12-18(22)24)19(25)26-2/h4-7,14H,3,8-13H2,1-2H3/t14-/m1/s1. The number of methoxy groups -OCH3 is 1. The molecule has 0 aliphatic carbocycles. The smallest absolute Gasteiger partial charge is 0.311 e. The molecule has 7 nitrogen and oxygen atoms in total. The number of piperazine rings is 1. The van der Waals surface area contributed by atoms with E-state index in [0.29, 0.717) is 13.0 Å². The Labute approximate surface area is 153 Å². The lowest BCUT2D eigenvalue weighted by molar-refractivity contribution is -0.145. The van der Waals surface area contributed by atoms with Crippen molar-refractivity contribution in [2.45, 2.75) is 19.8 Å². The number of amides is 2. The van der Waals surface area contributed by atoms with Gasteiger partial charge in [-0.2, -0.15) is 0 Å². The van der Waals surface area contributed by atoms with Gasteiger partial charge in [0, 0.05) is 56.9 Å². The number of anilines is 2. The molecule has 2 aliphatic heterocycles. The Morgan fingerprint density at radius 1 is 1.08 bits per heavy atom. The Hall–Kier alpha value is -2.57. The van der Waals surface area contributed by atoms with Crippen molar-refractivity contribution >= 4 is 29.2 Å². The molecule has 2 fully saturated rings. The number of benzene rings is 1. The first kappa shape index (κ1) is 18.2. The maximum Gasteiger partial charge on any atom is 0.311 e. The molecule has 2 heterocycles. The summed E-state index contributed by atoms with van der Waals surface area (Å²) < 4.78 is 4.75. The van der Waals surface area contributed by atoms with Gasteiger partial charge in [-0.05, 0) is 24.3 Å². The third-order valence-electron chi connectivity index (χ3n) is 5.12. The maximum absolute atomic E-state index is 12.2. The highest BCUT2D eigenvalue weighted by atomic mass is 16.5. The van der Waals surface area contributed by atoms with Gasteiger partial charge in [-0.15, -0.1) is 0 Å². The number of esters is 1. The summed E-state index contributed by atoms with van der Waals surface area (Å²) in [7, 11) is 1.35. The zero-order valence-corrected chi connectivity index (χ0v) is 15.3.